The van der Waals surface area contributed by atoms with Crippen molar-refractivity contribution in [2.75, 3.05) is 13.7 Å². The lowest BCUT2D eigenvalue weighted by molar-refractivity contribution is 0.0326. The second-order valence-electron chi connectivity index (χ2n) is 5.87. The first kappa shape index (κ1) is 17.2. The summed E-state index contributed by atoms with van der Waals surface area (Å²) in [6, 6.07) is 9.30. The zero-order valence-corrected chi connectivity index (χ0v) is 13.8. The molecule has 0 saturated heterocycles. The van der Waals surface area contributed by atoms with E-state index in [4.69, 9.17) is 4.74 Å². The molecule has 0 fully saturated rings. The van der Waals surface area contributed by atoms with Crippen LogP contribution < -0.4 is 5.32 Å². The summed E-state index contributed by atoms with van der Waals surface area (Å²) >= 11 is 0. The summed E-state index contributed by atoms with van der Waals surface area (Å²) in [7, 11) is 1.82. The zero-order chi connectivity index (χ0) is 15.0. The van der Waals surface area contributed by atoms with E-state index in [-0.39, 0.29) is 12.1 Å². The maximum atomic E-state index is 5.74. The van der Waals surface area contributed by atoms with Crippen LogP contribution in [0.15, 0.2) is 24.3 Å². The molecule has 0 aliphatic heterocycles. The summed E-state index contributed by atoms with van der Waals surface area (Å²) in [6.07, 6.45) is 3.70. The molecule has 1 aromatic carbocycles. The minimum absolute atomic E-state index is 0.207. The highest BCUT2D eigenvalue weighted by molar-refractivity contribution is 5.26. The molecule has 1 aromatic rings. The Hall–Kier alpha value is -0.860. The molecular formula is C18H31NO. The van der Waals surface area contributed by atoms with E-state index in [9.17, 15) is 0 Å². The fourth-order valence-corrected chi connectivity index (χ4v) is 2.70. The fourth-order valence-electron chi connectivity index (χ4n) is 2.70. The molecule has 114 valence electrons. The van der Waals surface area contributed by atoms with Gasteiger partial charge >= 0.3 is 0 Å². The molecule has 0 bridgehead atoms. The monoisotopic (exact) mass is 277 g/mol. The normalized spacial score (nSPS) is 14.5. The van der Waals surface area contributed by atoms with Crippen LogP contribution in [0.5, 0.6) is 0 Å². The van der Waals surface area contributed by atoms with Crippen LogP contribution in [-0.4, -0.2) is 19.8 Å². The highest BCUT2D eigenvalue weighted by Gasteiger charge is 2.25. The predicted molar refractivity (Wildman–Crippen MR) is 87.1 cm³/mol. The Morgan fingerprint density at radius 2 is 1.70 bits per heavy atom. The van der Waals surface area contributed by atoms with Crippen molar-refractivity contribution in [3.63, 3.8) is 0 Å². The highest BCUT2D eigenvalue weighted by atomic mass is 16.5. The van der Waals surface area contributed by atoms with E-state index in [1.165, 1.54) is 17.5 Å². The second-order valence-corrected chi connectivity index (χ2v) is 5.87. The van der Waals surface area contributed by atoms with Crippen molar-refractivity contribution in [1.29, 1.82) is 0 Å². The van der Waals surface area contributed by atoms with Crippen molar-refractivity contribution >= 4 is 0 Å². The molecule has 2 unspecified atom stereocenters. The zero-order valence-electron chi connectivity index (χ0n) is 13.8. The van der Waals surface area contributed by atoms with Gasteiger partial charge < -0.3 is 10.1 Å². The van der Waals surface area contributed by atoms with Gasteiger partial charge in [0.2, 0.25) is 0 Å². The summed E-state index contributed by atoms with van der Waals surface area (Å²) in [6.45, 7) is 9.89. The van der Waals surface area contributed by atoms with Gasteiger partial charge in [-0.1, -0.05) is 58.4 Å². The molecule has 0 amide bonds. The number of benzene rings is 1. The molecule has 0 aromatic heterocycles. The molecule has 1 rings (SSSR count). The first-order valence-electron chi connectivity index (χ1n) is 7.99. The molecule has 0 spiro atoms. The van der Waals surface area contributed by atoms with E-state index < -0.39 is 0 Å². The molecule has 2 nitrogen and oxygen atoms in total. The third kappa shape index (κ3) is 4.92. The third-order valence-electron chi connectivity index (χ3n) is 3.75. The van der Waals surface area contributed by atoms with Gasteiger partial charge in [-0.3, -0.25) is 0 Å². The number of hydrogen-bond acceptors (Lipinski definition) is 2. The molecule has 20 heavy (non-hydrogen) atoms. The maximum Gasteiger partial charge on any atom is 0.0788 e. The Bertz CT molecular complexity index is 358. The molecule has 0 heterocycles. The van der Waals surface area contributed by atoms with Gasteiger partial charge in [-0.05, 0) is 36.4 Å². The van der Waals surface area contributed by atoms with E-state index in [0.29, 0.717) is 5.92 Å². The van der Waals surface area contributed by atoms with Gasteiger partial charge in [0.05, 0.1) is 12.1 Å². The quantitative estimate of drug-likeness (QED) is 0.724. The number of nitrogens with one attached hydrogen (secondary N) is 1. The van der Waals surface area contributed by atoms with Gasteiger partial charge in [0, 0.05) is 7.11 Å². The molecule has 1 N–H and O–H groups in total. The van der Waals surface area contributed by atoms with E-state index in [1.54, 1.807) is 0 Å². The Morgan fingerprint density at radius 3 is 2.15 bits per heavy atom. The van der Waals surface area contributed by atoms with Crippen molar-refractivity contribution < 1.29 is 4.74 Å². The Morgan fingerprint density at radius 1 is 1.05 bits per heavy atom. The number of aryl methyl sites for hydroxylation is 1. The van der Waals surface area contributed by atoms with Crippen LogP contribution in [0.1, 0.15) is 57.7 Å². The van der Waals surface area contributed by atoms with Crippen LogP contribution in [0.25, 0.3) is 0 Å². The van der Waals surface area contributed by atoms with Crippen molar-refractivity contribution in [3.8, 4) is 0 Å². The molecule has 2 atom stereocenters. The predicted octanol–water partition coefficient (Wildman–Crippen LogP) is 4.35. The SMILES string of the molecule is CCCNC(c1ccc(CCC)cc1)C(OC)C(C)C. The summed E-state index contributed by atoms with van der Waals surface area (Å²) in [4.78, 5) is 0. The summed E-state index contributed by atoms with van der Waals surface area (Å²) in [5.74, 6) is 0.490. The Balaban J connectivity index is 2.90. The Labute approximate surface area is 124 Å². The Kier molecular flexibility index (Phi) is 7.86. The maximum absolute atomic E-state index is 5.74. The van der Waals surface area contributed by atoms with Gasteiger partial charge in [0.25, 0.3) is 0 Å². The number of hydrogen-bond donors (Lipinski definition) is 1. The van der Waals surface area contributed by atoms with Crippen LogP contribution in [0.2, 0.25) is 0 Å². The van der Waals surface area contributed by atoms with Crippen LogP contribution in [0.3, 0.4) is 0 Å². The third-order valence-corrected chi connectivity index (χ3v) is 3.75. The minimum atomic E-state index is 0.207. The molecule has 0 aliphatic rings. The van der Waals surface area contributed by atoms with Crippen molar-refractivity contribution in [2.45, 2.75) is 59.1 Å². The lowest BCUT2D eigenvalue weighted by Crippen LogP contribution is -2.37. The average Bonchev–Trinajstić information content (AvgIpc) is 2.44. The minimum Gasteiger partial charge on any atom is -0.379 e. The smallest absolute Gasteiger partial charge is 0.0788 e. The summed E-state index contributed by atoms with van der Waals surface area (Å²) < 4.78 is 5.74. The van der Waals surface area contributed by atoms with Crippen LogP contribution >= 0.6 is 0 Å². The van der Waals surface area contributed by atoms with E-state index in [1.807, 2.05) is 7.11 Å². The lowest BCUT2D eigenvalue weighted by atomic mass is 9.92. The van der Waals surface area contributed by atoms with Gasteiger partial charge in [-0.25, -0.2) is 0 Å². The van der Waals surface area contributed by atoms with Crippen LogP contribution in [0.4, 0.5) is 0 Å². The summed E-state index contributed by atoms with van der Waals surface area (Å²) in [5, 5.41) is 3.64. The first-order chi connectivity index (χ1) is 9.63. The van der Waals surface area contributed by atoms with E-state index >= 15 is 0 Å². The number of ether oxygens (including phenoxy) is 1. The van der Waals surface area contributed by atoms with Gasteiger partial charge in [0.15, 0.2) is 0 Å². The number of rotatable bonds is 9. The molecule has 0 radical (unpaired) electrons. The van der Waals surface area contributed by atoms with Gasteiger partial charge in [-0.2, -0.15) is 0 Å². The highest BCUT2D eigenvalue weighted by Crippen LogP contribution is 2.25. The van der Waals surface area contributed by atoms with Gasteiger partial charge in [-0.15, -0.1) is 0 Å². The second kappa shape index (κ2) is 9.15. The molecule has 0 saturated carbocycles. The largest absolute Gasteiger partial charge is 0.379 e. The number of methoxy groups -OCH3 is 1. The molecule has 2 heteroatoms. The summed E-state index contributed by atoms with van der Waals surface area (Å²) in [5.41, 5.74) is 2.75. The average molecular weight is 277 g/mol. The van der Waals surface area contributed by atoms with Crippen molar-refractivity contribution in [2.24, 2.45) is 5.92 Å². The van der Waals surface area contributed by atoms with Crippen molar-refractivity contribution in [1.82, 2.24) is 5.32 Å². The lowest BCUT2D eigenvalue weighted by Gasteiger charge is -2.30. The topological polar surface area (TPSA) is 21.3 Å². The molecule has 0 aliphatic carbocycles. The van der Waals surface area contributed by atoms with Crippen molar-refractivity contribution in [3.05, 3.63) is 35.4 Å². The standard InChI is InChI=1S/C18H31NO/c1-6-8-15-9-11-16(12-10-15)17(19-13-7-2)18(20-5)14(3)4/h9-12,14,17-19H,6-8,13H2,1-5H3. The molecular weight excluding hydrogens is 246 g/mol. The fraction of sp³-hybridized carbons (Fsp3) is 0.667. The first-order valence-corrected chi connectivity index (χ1v) is 7.99. The van der Waals surface area contributed by atoms with Crippen LogP contribution in [0, 0.1) is 5.92 Å². The van der Waals surface area contributed by atoms with E-state index in [2.05, 4.69) is 57.3 Å². The van der Waals surface area contributed by atoms with E-state index in [0.717, 1.165) is 19.4 Å². The van der Waals surface area contributed by atoms with Gasteiger partial charge in [0.1, 0.15) is 0 Å². The van der Waals surface area contributed by atoms with Crippen LogP contribution in [-0.2, 0) is 11.2 Å².